The lowest BCUT2D eigenvalue weighted by Gasteiger charge is -2.58. The third-order valence-corrected chi connectivity index (χ3v) is 13.2. The first kappa shape index (κ1) is 24.5. The van der Waals surface area contributed by atoms with E-state index in [2.05, 4.69) is 48.5 Å². The maximum Gasteiger partial charge on any atom is 0.350 e. The smallest absolute Gasteiger partial charge is 0.350 e. The van der Waals surface area contributed by atoms with Crippen molar-refractivity contribution in [2.24, 2.45) is 5.92 Å². The van der Waals surface area contributed by atoms with Crippen LogP contribution in [0, 0.1) is 5.92 Å². The Labute approximate surface area is 175 Å². The highest BCUT2D eigenvalue weighted by Crippen LogP contribution is 2.57. The molecule has 0 aromatic carbocycles. The van der Waals surface area contributed by atoms with Crippen LogP contribution in [0.5, 0.6) is 0 Å². The van der Waals surface area contributed by atoms with Crippen LogP contribution in [-0.2, 0) is 29.1 Å². The lowest BCUT2D eigenvalue weighted by atomic mass is 9.93. The van der Waals surface area contributed by atoms with Crippen LogP contribution in [-0.4, -0.2) is 54.5 Å². The summed E-state index contributed by atoms with van der Waals surface area (Å²) in [6.45, 7) is 24.5. The SMILES string of the molecule is C[C@H]1[C@H](CS(=O)C(C)(C)C)O[Si](C(C)(C)C)(C(C)(C)C)O[C@H]1C1(C)OCCO1. The van der Waals surface area contributed by atoms with E-state index in [0.717, 1.165) is 0 Å². The molecular formula is C21H42O5SSi. The van der Waals surface area contributed by atoms with E-state index in [1.54, 1.807) is 0 Å². The van der Waals surface area contributed by atoms with Crippen molar-refractivity contribution in [1.82, 2.24) is 0 Å². The minimum atomic E-state index is -2.79. The Bertz CT molecular complexity index is 567. The average molecular weight is 435 g/mol. The Morgan fingerprint density at radius 2 is 1.39 bits per heavy atom. The van der Waals surface area contributed by atoms with Gasteiger partial charge in [0.25, 0.3) is 0 Å². The zero-order valence-electron chi connectivity index (χ0n) is 19.8. The van der Waals surface area contributed by atoms with Gasteiger partial charge in [0.2, 0.25) is 0 Å². The molecular weight excluding hydrogens is 392 g/mol. The first-order valence-electron chi connectivity index (χ1n) is 10.5. The van der Waals surface area contributed by atoms with Crippen molar-refractivity contribution < 1.29 is 22.5 Å². The third kappa shape index (κ3) is 4.44. The van der Waals surface area contributed by atoms with E-state index in [9.17, 15) is 4.21 Å². The number of ether oxygens (including phenoxy) is 2. The summed E-state index contributed by atoms with van der Waals surface area (Å²) >= 11 is 0. The molecule has 2 rings (SSSR count). The Hall–Kier alpha value is 0.207. The van der Waals surface area contributed by atoms with E-state index in [1.165, 1.54) is 0 Å². The van der Waals surface area contributed by atoms with Crippen molar-refractivity contribution in [1.29, 1.82) is 0 Å². The summed E-state index contributed by atoms with van der Waals surface area (Å²) in [7, 11) is -3.80. The predicted molar refractivity (Wildman–Crippen MR) is 117 cm³/mol. The molecule has 0 spiro atoms. The highest BCUT2D eigenvalue weighted by atomic mass is 32.2. The van der Waals surface area contributed by atoms with Gasteiger partial charge in [0.1, 0.15) is 6.10 Å². The maximum atomic E-state index is 13.0. The molecule has 166 valence electrons. The molecule has 4 atom stereocenters. The Balaban J connectivity index is 2.52. The molecule has 5 nitrogen and oxygen atoms in total. The topological polar surface area (TPSA) is 54.0 Å². The first-order chi connectivity index (χ1) is 12.4. The lowest BCUT2D eigenvalue weighted by molar-refractivity contribution is -0.240. The van der Waals surface area contributed by atoms with E-state index in [1.807, 2.05) is 27.7 Å². The highest BCUT2D eigenvalue weighted by molar-refractivity contribution is 7.86. The van der Waals surface area contributed by atoms with Crippen LogP contribution in [0.1, 0.15) is 76.2 Å². The average Bonchev–Trinajstić information content (AvgIpc) is 2.93. The molecule has 0 radical (unpaired) electrons. The van der Waals surface area contributed by atoms with Crippen molar-refractivity contribution >= 4 is 19.4 Å². The molecule has 0 aromatic heterocycles. The van der Waals surface area contributed by atoms with E-state index in [4.69, 9.17) is 18.3 Å². The van der Waals surface area contributed by atoms with Crippen LogP contribution in [0.25, 0.3) is 0 Å². The second-order valence-electron chi connectivity index (χ2n) is 11.5. The van der Waals surface area contributed by atoms with Gasteiger partial charge in [0.15, 0.2) is 5.79 Å². The Morgan fingerprint density at radius 1 is 0.929 bits per heavy atom. The molecule has 0 bridgehead atoms. The summed E-state index contributed by atoms with van der Waals surface area (Å²) in [4.78, 5) is 0. The fourth-order valence-electron chi connectivity index (χ4n) is 4.53. The van der Waals surface area contributed by atoms with Crippen LogP contribution in [0.2, 0.25) is 10.1 Å². The largest absolute Gasteiger partial charge is 0.389 e. The van der Waals surface area contributed by atoms with Crippen molar-refractivity contribution in [3.05, 3.63) is 0 Å². The highest BCUT2D eigenvalue weighted by Gasteiger charge is 2.66. The van der Waals surface area contributed by atoms with Crippen molar-refractivity contribution in [2.45, 2.75) is 109 Å². The van der Waals surface area contributed by atoms with E-state index in [-0.39, 0.29) is 32.9 Å². The molecule has 0 aromatic rings. The Morgan fingerprint density at radius 3 is 1.79 bits per heavy atom. The molecule has 2 fully saturated rings. The van der Waals surface area contributed by atoms with E-state index in [0.29, 0.717) is 19.0 Å². The summed E-state index contributed by atoms with van der Waals surface area (Å²) in [5.74, 6) is -0.277. The second kappa shape index (κ2) is 7.72. The van der Waals surface area contributed by atoms with Gasteiger partial charge in [-0.1, -0.05) is 48.5 Å². The van der Waals surface area contributed by atoms with Crippen molar-refractivity contribution in [2.75, 3.05) is 19.0 Å². The van der Waals surface area contributed by atoms with Crippen molar-refractivity contribution in [3.8, 4) is 0 Å². The van der Waals surface area contributed by atoms with Gasteiger partial charge < -0.3 is 18.3 Å². The van der Waals surface area contributed by atoms with Crippen LogP contribution in [0.15, 0.2) is 0 Å². The fraction of sp³-hybridized carbons (Fsp3) is 1.00. The van der Waals surface area contributed by atoms with Gasteiger partial charge in [-0.25, -0.2) is 0 Å². The molecule has 0 saturated carbocycles. The summed E-state index contributed by atoms with van der Waals surface area (Å²) in [6.07, 6.45) is -0.413. The predicted octanol–water partition coefficient (Wildman–Crippen LogP) is 4.76. The molecule has 2 heterocycles. The van der Waals surface area contributed by atoms with Gasteiger partial charge in [0, 0.05) is 37.3 Å². The molecule has 0 aliphatic carbocycles. The number of rotatable bonds is 3. The maximum absolute atomic E-state index is 13.0. The van der Waals surface area contributed by atoms with Gasteiger partial charge in [-0.05, 0) is 27.7 Å². The van der Waals surface area contributed by atoms with Crippen LogP contribution < -0.4 is 0 Å². The lowest BCUT2D eigenvalue weighted by Crippen LogP contribution is -2.70. The Kier molecular flexibility index (Phi) is 6.75. The van der Waals surface area contributed by atoms with Gasteiger partial charge >= 0.3 is 8.56 Å². The molecule has 1 unspecified atom stereocenters. The summed E-state index contributed by atoms with van der Waals surface area (Å²) in [5, 5.41) is -0.333. The number of hydrogen-bond donors (Lipinski definition) is 0. The standard InChI is InChI=1S/C21H42O5SSi/c1-15-16(14-27(22)18(2,3)4)25-28(19(5,6)7,20(8,9)10)26-17(15)21(11)23-12-13-24-21/h15-17H,12-14H2,1-11H3/t15-,16-,17+,27?/m0/s1. The molecule has 28 heavy (non-hydrogen) atoms. The van der Waals surface area contributed by atoms with Crippen molar-refractivity contribution in [3.63, 3.8) is 0 Å². The normalized spacial score (nSPS) is 32.3. The van der Waals surface area contributed by atoms with Gasteiger partial charge in [0.05, 0.1) is 19.3 Å². The molecule has 2 saturated heterocycles. The molecule has 0 N–H and O–H groups in total. The summed E-state index contributed by atoms with van der Waals surface area (Å²) in [6, 6.07) is 0. The first-order valence-corrected chi connectivity index (χ1v) is 13.6. The minimum absolute atomic E-state index is 0.0136. The van der Waals surface area contributed by atoms with Gasteiger partial charge in [-0.15, -0.1) is 0 Å². The fourth-order valence-corrected chi connectivity index (χ4v) is 11.0. The molecule has 7 heteroatoms. The summed E-state index contributed by atoms with van der Waals surface area (Å²) in [5.41, 5.74) is 0. The molecule has 2 aliphatic heterocycles. The molecule has 2 aliphatic rings. The van der Waals surface area contributed by atoms with Crippen LogP contribution >= 0.6 is 0 Å². The van der Waals surface area contributed by atoms with Gasteiger partial charge in [-0.2, -0.15) is 0 Å². The van der Waals surface area contributed by atoms with Crippen LogP contribution in [0.4, 0.5) is 0 Å². The van der Waals surface area contributed by atoms with Gasteiger partial charge in [-0.3, -0.25) is 4.21 Å². The quantitative estimate of drug-likeness (QED) is 0.600. The second-order valence-corrected chi connectivity index (χ2v) is 18.5. The summed E-state index contributed by atoms with van der Waals surface area (Å²) < 4.78 is 38.7. The zero-order chi connectivity index (χ0) is 21.8. The monoisotopic (exact) mass is 434 g/mol. The van der Waals surface area contributed by atoms with Crippen LogP contribution in [0.3, 0.4) is 0 Å². The zero-order valence-corrected chi connectivity index (χ0v) is 21.6. The minimum Gasteiger partial charge on any atom is -0.389 e. The van der Waals surface area contributed by atoms with E-state index < -0.39 is 25.1 Å². The third-order valence-electron chi connectivity index (χ3n) is 6.03. The number of hydrogen-bond acceptors (Lipinski definition) is 5. The van der Waals surface area contributed by atoms with E-state index >= 15 is 0 Å². The molecule has 0 amide bonds.